The van der Waals surface area contributed by atoms with Gasteiger partial charge in [-0.15, -0.1) is 0 Å². The van der Waals surface area contributed by atoms with Crippen LogP contribution in [-0.4, -0.2) is 71.8 Å². The van der Waals surface area contributed by atoms with Gasteiger partial charge in [-0.2, -0.15) is 0 Å². The van der Waals surface area contributed by atoms with Crippen molar-refractivity contribution in [2.24, 2.45) is 5.92 Å². The zero-order valence-corrected chi connectivity index (χ0v) is 18.6. The lowest BCUT2D eigenvalue weighted by Gasteiger charge is -2.35. The number of aryl methyl sites for hydroxylation is 1. The van der Waals surface area contributed by atoms with E-state index < -0.39 is 5.97 Å². The molecule has 3 rings (SSSR count). The number of rotatable bonds is 7. The number of hydrogen-bond acceptors (Lipinski definition) is 5. The summed E-state index contributed by atoms with van der Waals surface area (Å²) in [7, 11) is 0. The molecule has 1 aromatic heterocycles. The van der Waals surface area contributed by atoms with Crippen molar-refractivity contribution in [3.8, 4) is 0 Å². The van der Waals surface area contributed by atoms with Gasteiger partial charge in [0.05, 0.1) is 24.4 Å². The van der Waals surface area contributed by atoms with Crippen LogP contribution in [0.4, 0.5) is 0 Å². The predicted octanol–water partition coefficient (Wildman–Crippen LogP) is 3.11. The second kappa shape index (κ2) is 10.2. The third-order valence-corrected chi connectivity index (χ3v) is 6.48. The minimum atomic E-state index is -0.395. The van der Waals surface area contributed by atoms with Gasteiger partial charge in [-0.25, -0.2) is 4.79 Å². The maximum atomic E-state index is 12.9. The molecule has 2 aliphatic rings. The molecule has 2 fully saturated rings. The lowest BCUT2D eigenvalue weighted by atomic mass is 9.86. The van der Waals surface area contributed by atoms with Gasteiger partial charge in [-0.3, -0.25) is 14.5 Å². The molecule has 1 aliphatic carbocycles. The van der Waals surface area contributed by atoms with Gasteiger partial charge in [0.15, 0.2) is 5.78 Å². The molecule has 7 heteroatoms. The molecule has 0 spiro atoms. The summed E-state index contributed by atoms with van der Waals surface area (Å²) in [6.45, 7) is 8.67. The van der Waals surface area contributed by atoms with Crippen LogP contribution in [0.25, 0.3) is 0 Å². The fourth-order valence-electron chi connectivity index (χ4n) is 4.74. The summed E-state index contributed by atoms with van der Waals surface area (Å²) in [5.41, 5.74) is 2.24. The standard InChI is InChI=1S/C23H35N3O4/c1-4-30-23(29)21-16(2)22(24-17(21)3)19(27)15-25-10-12-26(13-11-25)20(28)14-18-8-6-5-7-9-18/h18,24H,4-15H2,1-3H3. The number of ether oxygens (including phenoxy) is 1. The van der Waals surface area contributed by atoms with Crippen molar-refractivity contribution in [1.29, 1.82) is 0 Å². The summed E-state index contributed by atoms with van der Waals surface area (Å²) in [5, 5.41) is 0. The molecule has 1 N–H and O–H groups in total. The van der Waals surface area contributed by atoms with Crippen LogP contribution < -0.4 is 0 Å². The number of carbonyl (C=O) groups excluding carboxylic acids is 3. The number of aromatic amines is 1. The Morgan fingerprint density at radius 3 is 2.33 bits per heavy atom. The van der Waals surface area contributed by atoms with Crippen LogP contribution in [0.5, 0.6) is 0 Å². The van der Waals surface area contributed by atoms with Crippen LogP contribution in [0, 0.1) is 19.8 Å². The Hall–Kier alpha value is -2.15. The number of esters is 1. The van der Waals surface area contributed by atoms with E-state index in [9.17, 15) is 14.4 Å². The van der Waals surface area contributed by atoms with Crippen molar-refractivity contribution in [2.45, 2.75) is 59.3 Å². The molecule has 1 aromatic rings. The van der Waals surface area contributed by atoms with Crippen LogP contribution in [0.2, 0.25) is 0 Å². The second-order valence-corrected chi connectivity index (χ2v) is 8.63. The Balaban J connectivity index is 1.51. The van der Waals surface area contributed by atoms with Crippen molar-refractivity contribution in [3.05, 3.63) is 22.5 Å². The van der Waals surface area contributed by atoms with Gasteiger partial charge < -0.3 is 14.6 Å². The molecule has 0 bridgehead atoms. The molecule has 1 saturated heterocycles. The molecule has 1 aliphatic heterocycles. The molecule has 2 heterocycles. The lowest BCUT2D eigenvalue weighted by Crippen LogP contribution is -2.50. The summed E-state index contributed by atoms with van der Waals surface area (Å²) in [6, 6.07) is 0. The van der Waals surface area contributed by atoms with Gasteiger partial charge in [-0.1, -0.05) is 19.3 Å². The van der Waals surface area contributed by atoms with Gasteiger partial charge in [-0.05, 0) is 45.1 Å². The molecule has 30 heavy (non-hydrogen) atoms. The number of carbonyl (C=O) groups is 3. The molecule has 7 nitrogen and oxygen atoms in total. The Labute approximate surface area is 179 Å². The van der Waals surface area contributed by atoms with E-state index in [2.05, 4.69) is 9.88 Å². The Bertz CT molecular complexity index is 772. The van der Waals surface area contributed by atoms with E-state index in [0.717, 1.165) is 0 Å². The summed E-state index contributed by atoms with van der Waals surface area (Å²) in [6.07, 6.45) is 6.85. The first-order valence-electron chi connectivity index (χ1n) is 11.3. The summed E-state index contributed by atoms with van der Waals surface area (Å²) < 4.78 is 5.10. The zero-order valence-electron chi connectivity index (χ0n) is 18.6. The minimum Gasteiger partial charge on any atom is -0.462 e. The fourth-order valence-corrected chi connectivity index (χ4v) is 4.74. The van der Waals surface area contributed by atoms with Gasteiger partial charge in [0.1, 0.15) is 0 Å². The average molecular weight is 418 g/mol. The highest BCUT2D eigenvalue weighted by atomic mass is 16.5. The smallest absolute Gasteiger partial charge is 0.340 e. The maximum Gasteiger partial charge on any atom is 0.340 e. The normalized spacial score (nSPS) is 18.4. The average Bonchev–Trinajstić information content (AvgIpc) is 3.03. The molecule has 0 unspecified atom stereocenters. The number of Topliss-reactive ketones (excluding diaryl/α,β-unsaturated/α-hetero) is 1. The van der Waals surface area contributed by atoms with Gasteiger partial charge in [0.25, 0.3) is 0 Å². The number of amides is 1. The second-order valence-electron chi connectivity index (χ2n) is 8.63. The first-order valence-corrected chi connectivity index (χ1v) is 11.3. The molecule has 1 amide bonds. The van der Waals surface area contributed by atoms with Crippen molar-refractivity contribution in [1.82, 2.24) is 14.8 Å². The highest BCUT2D eigenvalue weighted by Gasteiger charge is 2.27. The molecule has 0 aromatic carbocycles. The van der Waals surface area contributed by atoms with Crippen molar-refractivity contribution >= 4 is 17.7 Å². The first kappa shape index (κ1) is 22.5. The van der Waals surface area contributed by atoms with E-state index in [4.69, 9.17) is 4.74 Å². The zero-order chi connectivity index (χ0) is 21.7. The number of hydrogen-bond donors (Lipinski definition) is 1. The number of aromatic nitrogens is 1. The first-order chi connectivity index (χ1) is 14.4. The van der Waals surface area contributed by atoms with Crippen LogP contribution in [-0.2, 0) is 9.53 Å². The number of piperazine rings is 1. The third-order valence-electron chi connectivity index (χ3n) is 6.48. The Morgan fingerprint density at radius 2 is 1.70 bits per heavy atom. The monoisotopic (exact) mass is 417 g/mol. The van der Waals surface area contributed by atoms with Gasteiger partial charge >= 0.3 is 5.97 Å². The molecule has 0 radical (unpaired) electrons. The Kier molecular flexibility index (Phi) is 7.69. The third kappa shape index (κ3) is 5.31. The van der Waals surface area contributed by atoms with Gasteiger partial charge in [0, 0.05) is 38.3 Å². The van der Waals surface area contributed by atoms with Crippen LogP contribution >= 0.6 is 0 Å². The SMILES string of the molecule is CCOC(=O)c1c(C)[nH]c(C(=O)CN2CCN(C(=O)CC3CCCCC3)CC2)c1C. The summed E-state index contributed by atoms with van der Waals surface area (Å²) in [4.78, 5) is 44.7. The summed E-state index contributed by atoms with van der Waals surface area (Å²) >= 11 is 0. The van der Waals surface area contributed by atoms with E-state index in [1.807, 2.05) is 4.90 Å². The van der Waals surface area contributed by atoms with E-state index in [-0.39, 0.29) is 18.2 Å². The van der Waals surface area contributed by atoms with Crippen LogP contribution in [0.3, 0.4) is 0 Å². The largest absolute Gasteiger partial charge is 0.462 e. The molecular weight excluding hydrogens is 382 g/mol. The topological polar surface area (TPSA) is 82.7 Å². The highest BCUT2D eigenvalue weighted by molar-refractivity contribution is 6.02. The fraction of sp³-hybridized carbons (Fsp3) is 0.696. The minimum absolute atomic E-state index is 0.0341. The maximum absolute atomic E-state index is 12.9. The van der Waals surface area contributed by atoms with Gasteiger partial charge in [0.2, 0.25) is 5.91 Å². The van der Waals surface area contributed by atoms with Crippen molar-refractivity contribution in [2.75, 3.05) is 39.3 Å². The lowest BCUT2D eigenvalue weighted by molar-refractivity contribution is -0.134. The number of ketones is 1. The van der Waals surface area contributed by atoms with E-state index in [1.54, 1.807) is 20.8 Å². The number of nitrogens with zero attached hydrogens (tertiary/aromatic N) is 2. The van der Waals surface area contributed by atoms with E-state index >= 15 is 0 Å². The quantitative estimate of drug-likeness (QED) is 0.544. The molecule has 166 valence electrons. The van der Waals surface area contributed by atoms with Crippen LogP contribution in [0.1, 0.15) is 77.6 Å². The number of nitrogens with one attached hydrogen (secondary N) is 1. The van der Waals surface area contributed by atoms with Crippen LogP contribution in [0.15, 0.2) is 0 Å². The Morgan fingerprint density at radius 1 is 1.03 bits per heavy atom. The molecule has 1 saturated carbocycles. The molecular formula is C23H35N3O4. The predicted molar refractivity (Wildman–Crippen MR) is 115 cm³/mol. The summed E-state index contributed by atoms with van der Waals surface area (Å²) in [5.74, 6) is 0.391. The van der Waals surface area contributed by atoms with E-state index in [0.29, 0.717) is 67.6 Å². The van der Waals surface area contributed by atoms with Crippen molar-refractivity contribution < 1.29 is 19.1 Å². The molecule has 0 atom stereocenters. The van der Waals surface area contributed by atoms with E-state index in [1.165, 1.54) is 32.1 Å². The van der Waals surface area contributed by atoms with Crippen molar-refractivity contribution in [3.63, 3.8) is 0 Å². The number of H-pyrrole nitrogens is 1. The highest BCUT2D eigenvalue weighted by Crippen LogP contribution is 2.27.